The third-order valence-corrected chi connectivity index (χ3v) is 6.18. The van der Waals surface area contributed by atoms with Gasteiger partial charge in [0.1, 0.15) is 11.6 Å². The minimum atomic E-state index is -0.827. The summed E-state index contributed by atoms with van der Waals surface area (Å²) >= 11 is 0. The molecular formula is C25H30F4. The standard InChI is InChI=1S/C25H30F4/c1-2-3-4-5-6-7-18-15-23(27)20(24(28)16-18)12-9-17-8-10-19-11-13-22(26)25(29)21(19)14-17/h11,13,15-17H,2-10,12,14H2,1H3. The number of fused-ring (bicyclic) bond motifs is 1. The largest absolute Gasteiger partial charge is 0.207 e. The van der Waals surface area contributed by atoms with E-state index < -0.39 is 23.3 Å². The summed E-state index contributed by atoms with van der Waals surface area (Å²) in [6.07, 6.45) is 9.05. The van der Waals surface area contributed by atoms with Crippen LogP contribution in [0.1, 0.15) is 74.1 Å². The van der Waals surface area contributed by atoms with E-state index >= 15 is 0 Å². The maximum Gasteiger partial charge on any atom is 0.162 e. The van der Waals surface area contributed by atoms with Gasteiger partial charge in [0.05, 0.1) is 0 Å². The highest BCUT2D eigenvalue weighted by atomic mass is 19.2. The van der Waals surface area contributed by atoms with Crippen LogP contribution in [0.3, 0.4) is 0 Å². The van der Waals surface area contributed by atoms with E-state index in [1.165, 1.54) is 31.0 Å². The van der Waals surface area contributed by atoms with Crippen molar-refractivity contribution in [3.63, 3.8) is 0 Å². The van der Waals surface area contributed by atoms with E-state index in [1.54, 1.807) is 6.07 Å². The molecule has 1 aliphatic rings. The molecule has 2 aromatic carbocycles. The fraction of sp³-hybridized carbons (Fsp3) is 0.520. The lowest BCUT2D eigenvalue weighted by atomic mass is 9.80. The van der Waals surface area contributed by atoms with Gasteiger partial charge in [0.15, 0.2) is 11.6 Å². The van der Waals surface area contributed by atoms with Gasteiger partial charge in [-0.15, -0.1) is 0 Å². The number of halogens is 4. The molecule has 0 amide bonds. The predicted octanol–water partition coefficient (Wildman–Crippen LogP) is 7.49. The molecule has 0 saturated carbocycles. The molecule has 0 aromatic heterocycles. The first-order chi connectivity index (χ1) is 14.0. The van der Waals surface area contributed by atoms with Crippen LogP contribution in [-0.4, -0.2) is 0 Å². The van der Waals surface area contributed by atoms with Crippen LogP contribution in [0.4, 0.5) is 17.6 Å². The van der Waals surface area contributed by atoms with Gasteiger partial charge in [-0.25, -0.2) is 17.6 Å². The quantitative estimate of drug-likeness (QED) is 0.299. The van der Waals surface area contributed by atoms with Gasteiger partial charge in [-0.2, -0.15) is 0 Å². The molecule has 2 aromatic rings. The van der Waals surface area contributed by atoms with Crippen LogP contribution in [0.25, 0.3) is 0 Å². The Morgan fingerprint density at radius 2 is 1.59 bits per heavy atom. The van der Waals surface area contributed by atoms with Crippen molar-refractivity contribution >= 4 is 0 Å². The van der Waals surface area contributed by atoms with Gasteiger partial charge in [0.2, 0.25) is 0 Å². The van der Waals surface area contributed by atoms with E-state index in [9.17, 15) is 17.6 Å². The number of hydrogen-bond acceptors (Lipinski definition) is 0. The maximum absolute atomic E-state index is 14.5. The SMILES string of the molecule is CCCCCCCc1cc(F)c(CCC2CCc3ccc(F)c(F)c3C2)c(F)c1. The van der Waals surface area contributed by atoms with E-state index in [0.717, 1.165) is 31.2 Å². The van der Waals surface area contributed by atoms with Crippen molar-refractivity contribution in [2.75, 3.05) is 0 Å². The molecule has 0 fully saturated rings. The Kier molecular flexibility index (Phi) is 7.74. The Hall–Kier alpha value is -1.84. The normalized spacial score (nSPS) is 16.1. The van der Waals surface area contributed by atoms with Gasteiger partial charge >= 0.3 is 0 Å². The van der Waals surface area contributed by atoms with Gasteiger partial charge in [-0.05, 0) is 85.8 Å². The van der Waals surface area contributed by atoms with Crippen LogP contribution in [-0.2, 0) is 25.7 Å². The van der Waals surface area contributed by atoms with Crippen molar-refractivity contribution < 1.29 is 17.6 Å². The Morgan fingerprint density at radius 3 is 2.31 bits per heavy atom. The summed E-state index contributed by atoms with van der Waals surface area (Å²) in [6.45, 7) is 2.16. The topological polar surface area (TPSA) is 0 Å². The number of hydrogen-bond donors (Lipinski definition) is 0. The number of unbranched alkanes of at least 4 members (excludes halogenated alkanes) is 4. The Labute approximate surface area is 171 Å². The molecule has 0 heterocycles. The third-order valence-electron chi connectivity index (χ3n) is 6.18. The van der Waals surface area contributed by atoms with Crippen molar-refractivity contribution in [3.8, 4) is 0 Å². The molecule has 0 aliphatic heterocycles. The zero-order valence-electron chi connectivity index (χ0n) is 17.2. The highest BCUT2D eigenvalue weighted by molar-refractivity contribution is 5.32. The fourth-order valence-corrected chi connectivity index (χ4v) is 4.40. The summed E-state index contributed by atoms with van der Waals surface area (Å²) in [7, 11) is 0. The second-order valence-electron chi connectivity index (χ2n) is 8.35. The molecule has 1 atom stereocenters. The predicted molar refractivity (Wildman–Crippen MR) is 109 cm³/mol. The summed E-state index contributed by atoms with van der Waals surface area (Å²) in [5.41, 5.74) is 2.11. The van der Waals surface area contributed by atoms with Gasteiger partial charge in [-0.3, -0.25) is 0 Å². The molecule has 3 rings (SSSR count). The van der Waals surface area contributed by atoms with Crippen LogP contribution in [0, 0.1) is 29.2 Å². The first-order valence-corrected chi connectivity index (χ1v) is 10.9. The van der Waals surface area contributed by atoms with Gasteiger partial charge in [0, 0.05) is 5.56 Å². The molecule has 0 bridgehead atoms. The highest BCUT2D eigenvalue weighted by Gasteiger charge is 2.24. The van der Waals surface area contributed by atoms with Crippen molar-refractivity contribution in [1.29, 1.82) is 0 Å². The first-order valence-electron chi connectivity index (χ1n) is 10.9. The Bertz CT molecular complexity index is 805. The lowest BCUT2D eigenvalue weighted by molar-refractivity contribution is 0.399. The maximum atomic E-state index is 14.5. The molecule has 0 N–H and O–H groups in total. The molecule has 1 unspecified atom stereocenters. The van der Waals surface area contributed by atoms with E-state index in [1.807, 2.05) is 0 Å². The minimum Gasteiger partial charge on any atom is -0.207 e. The van der Waals surface area contributed by atoms with Gasteiger partial charge in [0.25, 0.3) is 0 Å². The highest BCUT2D eigenvalue weighted by Crippen LogP contribution is 2.32. The zero-order valence-corrected chi connectivity index (χ0v) is 17.2. The zero-order chi connectivity index (χ0) is 20.8. The smallest absolute Gasteiger partial charge is 0.162 e. The van der Waals surface area contributed by atoms with Crippen molar-refractivity contribution in [2.45, 2.75) is 77.6 Å². The molecule has 0 spiro atoms. The average molecular weight is 407 g/mol. The fourth-order valence-electron chi connectivity index (χ4n) is 4.40. The summed E-state index contributed by atoms with van der Waals surface area (Å²) < 4.78 is 56.6. The van der Waals surface area contributed by atoms with Crippen LogP contribution in [0.5, 0.6) is 0 Å². The summed E-state index contributed by atoms with van der Waals surface area (Å²) in [6, 6.07) is 5.74. The molecular weight excluding hydrogens is 376 g/mol. The second kappa shape index (κ2) is 10.3. The number of aryl methyl sites for hydroxylation is 2. The van der Waals surface area contributed by atoms with Crippen molar-refractivity contribution in [1.82, 2.24) is 0 Å². The van der Waals surface area contributed by atoms with E-state index in [0.29, 0.717) is 36.8 Å². The average Bonchev–Trinajstić information content (AvgIpc) is 2.70. The van der Waals surface area contributed by atoms with Crippen LogP contribution in [0.15, 0.2) is 24.3 Å². The van der Waals surface area contributed by atoms with E-state index in [2.05, 4.69) is 6.92 Å². The van der Waals surface area contributed by atoms with Crippen molar-refractivity contribution in [2.24, 2.45) is 5.92 Å². The lowest BCUT2D eigenvalue weighted by Crippen LogP contribution is -2.17. The van der Waals surface area contributed by atoms with Crippen LogP contribution in [0.2, 0.25) is 0 Å². The molecule has 4 heteroatoms. The minimum absolute atomic E-state index is 0.107. The van der Waals surface area contributed by atoms with Crippen molar-refractivity contribution in [3.05, 3.63) is 69.8 Å². The molecule has 29 heavy (non-hydrogen) atoms. The number of rotatable bonds is 9. The van der Waals surface area contributed by atoms with Gasteiger partial charge < -0.3 is 0 Å². The van der Waals surface area contributed by atoms with E-state index in [4.69, 9.17) is 0 Å². The second-order valence-corrected chi connectivity index (χ2v) is 8.35. The number of benzene rings is 2. The third kappa shape index (κ3) is 5.61. The monoisotopic (exact) mass is 406 g/mol. The molecule has 0 nitrogen and oxygen atoms in total. The van der Waals surface area contributed by atoms with E-state index in [-0.39, 0.29) is 17.9 Å². The summed E-state index contributed by atoms with van der Waals surface area (Å²) in [5, 5.41) is 0. The molecule has 1 aliphatic carbocycles. The summed E-state index contributed by atoms with van der Waals surface area (Å²) in [4.78, 5) is 0. The van der Waals surface area contributed by atoms with Gasteiger partial charge in [-0.1, -0.05) is 38.7 Å². The molecule has 0 saturated heterocycles. The Morgan fingerprint density at radius 1 is 0.862 bits per heavy atom. The van der Waals surface area contributed by atoms with Crippen LogP contribution >= 0.6 is 0 Å². The van der Waals surface area contributed by atoms with Crippen LogP contribution < -0.4 is 0 Å². The Balaban J connectivity index is 1.57. The lowest BCUT2D eigenvalue weighted by Gasteiger charge is -2.25. The first kappa shape index (κ1) is 21.9. The summed E-state index contributed by atoms with van der Waals surface area (Å²) in [5.74, 6) is -2.46. The molecule has 0 radical (unpaired) electrons. The molecule has 158 valence electrons.